The third kappa shape index (κ3) is 2.41. The van der Waals surface area contributed by atoms with E-state index < -0.39 is 11.7 Å². The molecule has 0 atom stereocenters. The third-order valence-electron chi connectivity index (χ3n) is 1.44. The summed E-state index contributed by atoms with van der Waals surface area (Å²) in [5.74, 6) is 0. The van der Waals surface area contributed by atoms with Gasteiger partial charge in [-0.3, -0.25) is 0 Å². The Kier molecular flexibility index (Phi) is 2.92. The Bertz CT molecular complexity index is 311. The number of nitrogens with zero attached hydrogens (tertiary/aromatic N) is 1. The van der Waals surface area contributed by atoms with Crippen molar-refractivity contribution in [2.24, 2.45) is 5.73 Å². The van der Waals surface area contributed by atoms with E-state index in [9.17, 15) is 13.2 Å². The van der Waals surface area contributed by atoms with Crippen LogP contribution in [0.1, 0.15) is 11.3 Å². The highest BCUT2D eigenvalue weighted by Gasteiger charge is 2.33. The van der Waals surface area contributed by atoms with Gasteiger partial charge >= 0.3 is 6.18 Å². The van der Waals surface area contributed by atoms with Gasteiger partial charge in [0.2, 0.25) is 0 Å². The maximum Gasteiger partial charge on any atom is 0.418 e. The first-order valence-electron chi connectivity index (χ1n) is 3.38. The normalized spacial score (nSPS) is 11.8. The first kappa shape index (κ1) is 10.5. The lowest BCUT2D eigenvalue weighted by Crippen LogP contribution is -2.13. The second-order valence-electron chi connectivity index (χ2n) is 2.33. The van der Waals surface area contributed by atoms with Crippen molar-refractivity contribution >= 4 is 15.9 Å². The number of aromatic nitrogens is 1. The van der Waals surface area contributed by atoms with E-state index in [1.54, 1.807) is 0 Å². The molecule has 1 rings (SSSR count). The smallest absolute Gasteiger partial charge is 0.325 e. The van der Waals surface area contributed by atoms with Crippen LogP contribution in [0, 0.1) is 0 Å². The highest BCUT2D eigenvalue weighted by atomic mass is 79.9. The van der Waals surface area contributed by atoms with Crippen molar-refractivity contribution in [2.45, 2.75) is 12.7 Å². The molecule has 0 aliphatic rings. The quantitative estimate of drug-likeness (QED) is 0.782. The molecule has 1 aromatic rings. The molecule has 0 unspecified atom stereocenters. The summed E-state index contributed by atoms with van der Waals surface area (Å²) in [6.45, 7) is -0.228. The zero-order chi connectivity index (χ0) is 10.1. The fourth-order valence-electron chi connectivity index (χ4n) is 0.888. The molecular formula is C7H6BrF3N2. The van der Waals surface area contributed by atoms with E-state index in [1.807, 2.05) is 0 Å². The average Bonchev–Trinajstić information content (AvgIpc) is 2.01. The largest absolute Gasteiger partial charge is 0.418 e. The monoisotopic (exact) mass is 254 g/mol. The highest BCUT2D eigenvalue weighted by Crippen LogP contribution is 2.31. The summed E-state index contributed by atoms with van der Waals surface area (Å²) in [5, 5.41) is 0. The van der Waals surface area contributed by atoms with Crippen molar-refractivity contribution in [1.29, 1.82) is 0 Å². The van der Waals surface area contributed by atoms with Gasteiger partial charge in [0.05, 0.1) is 11.3 Å². The number of pyridine rings is 1. The summed E-state index contributed by atoms with van der Waals surface area (Å²) < 4.78 is 37.1. The van der Waals surface area contributed by atoms with Crippen LogP contribution in [0.5, 0.6) is 0 Å². The van der Waals surface area contributed by atoms with Gasteiger partial charge in [-0.1, -0.05) is 0 Å². The van der Waals surface area contributed by atoms with Crippen LogP contribution in [0.4, 0.5) is 13.2 Å². The van der Waals surface area contributed by atoms with Crippen molar-refractivity contribution in [3.05, 3.63) is 28.0 Å². The molecule has 0 fully saturated rings. The minimum Gasteiger partial charge on any atom is -0.325 e. The van der Waals surface area contributed by atoms with Gasteiger partial charge < -0.3 is 5.73 Å². The molecule has 0 aliphatic carbocycles. The molecule has 2 nitrogen and oxygen atoms in total. The van der Waals surface area contributed by atoms with Crippen LogP contribution in [0.2, 0.25) is 0 Å². The SMILES string of the molecule is NCc1nc(Br)ccc1C(F)(F)F. The van der Waals surface area contributed by atoms with Gasteiger partial charge in [-0.2, -0.15) is 13.2 Å². The Balaban J connectivity index is 3.22. The number of halogens is 4. The van der Waals surface area contributed by atoms with Crippen LogP contribution >= 0.6 is 15.9 Å². The Morgan fingerprint density at radius 1 is 1.38 bits per heavy atom. The number of hydrogen-bond acceptors (Lipinski definition) is 2. The summed E-state index contributed by atoms with van der Waals surface area (Å²) in [6, 6.07) is 2.20. The summed E-state index contributed by atoms with van der Waals surface area (Å²) in [4.78, 5) is 3.63. The summed E-state index contributed by atoms with van der Waals surface area (Å²) in [7, 11) is 0. The van der Waals surface area contributed by atoms with Gasteiger partial charge in [0.1, 0.15) is 4.60 Å². The van der Waals surface area contributed by atoms with Gasteiger partial charge in [0, 0.05) is 6.54 Å². The Hall–Kier alpha value is -0.620. The molecule has 1 heterocycles. The second kappa shape index (κ2) is 3.63. The van der Waals surface area contributed by atoms with E-state index in [0.717, 1.165) is 6.07 Å². The van der Waals surface area contributed by atoms with Gasteiger partial charge in [-0.05, 0) is 28.1 Å². The molecule has 0 saturated carbocycles. The van der Waals surface area contributed by atoms with Crippen LogP contribution in [-0.4, -0.2) is 4.98 Å². The second-order valence-corrected chi connectivity index (χ2v) is 3.14. The molecule has 1 aromatic heterocycles. The van der Waals surface area contributed by atoms with Crippen molar-refractivity contribution in [3.8, 4) is 0 Å². The summed E-state index contributed by atoms with van der Waals surface area (Å²) in [6.07, 6.45) is -4.39. The lowest BCUT2D eigenvalue weighted by molar-refractivity contribution is -0.138. The Labute approximate surface area is 81.1 Å². The molecule has 13 heavy (non-hydrogen) atoms. The molecule has 0 radical (unpaired) electrons. The first-order chi connectivity index (χ1) is 5.95. The molecular weight excluding hydrogens is 249 g/mol. The molecule has 0 saturated heterocycles. The van der Waals surface area contributed by atoms with Crippen molar-refractivity contribution in [3.63, 3.8) is 0 Å². The van der Waals surface area contributed by atoms with Crippen LogP contribution < -0.4 is 5.73 Å². The maximum absolute atomic E-state index is 12.3. The first-order valence-corrected chi connectivity index (χ1v) is 4.17. The molecule has 0 aliphatic heterocycles. The fraction of sp³-hybridized carbons (Fsp3) is 0.286. The predicted octanol–water partition coefficient (Wildman–Crippen LogP) is 2.32. The molecule has 0 spiro atoms. The standard InChI is InChI=1S/C7H6BrF3N2/c8-6-2-1-4(7(9,10)11)5(3-12)13-6/h1-2H,3,12H2. The van der Waals surface area contributed by atoms with Crippen LogP contribution in [-0.2, 0) is 12.7 Å². The maximum atomic E-state index is 12.3. The Morgan fingerprint density at radius 2 is 2.00 bits per heavy atom. The molecule has 0 bridgehead atoms. The van der Waals surface area contributed by atoms with Crippen LogP contribution in [0.3, 0.4) is 0 Å². The van der Waals surface area contributed by atoms with E-state index in [-0.39, 0.29) is 12.2 Å². The molecule has 72 valence electrons. The zero-order valence-electron chi connectivity index (χ0n) is 6.40. The molecule has 0 aromatic carbocycles. The van der Waals surface area contributed by atoms with E-state index in [1.165, 1.54) is 6.07 Å². The topological polar surface area (TPSA) is 38.9 Å². The average molecular weight is 255 g/mol. The summed E-state index contributed by atoms with van der Waals surface area (Å²) in [5.41, 5.74) is 4.20. The zero-order valence-corrected chi connectivity index (χ0v) is 7.98. The Morgan fingerprint density at radius 3 is 2.46 bits per heavy atom. The van der Waals surface area contributed by atoms with Crippen LogP contribution in [0.15, 0.2) is 16.7 Å². The fourth-order valence-corrected chi connectivity index (χ4v) is 1.23. The third-order valence-corrected chi connectivity index (χ3v) is 1.88. The molecule has 0 amide bonds. The number of nitrogens with two attached hydrogens (primary N) is 1. The van der Waals surface area contributed by atoms with Crippen molar-refractivity contribution in [2.75, 3.05) is 0 Å². The van der Waals surface area contributed by atoms with Gasteiger partial charge in [-0.15, -0.1) is 0 Å². The minimum absolute atomic E-state index is 0.151. The summed E-state index contributed by atoms with van der Waals surface area (Å²) >= 11 is 2.97. The molecule has 6 heteroatoms. The number of rotatable bonds is 1. The lowest BCUT2D eigenvalue weighted by Gasteiger charge is -2.10. The highest BCUT2D eigenvalue weighted by molar-refractivity contribution is 9.10. The van der Waals surface area contributed by atoms with Crippen LogP contribution in [0.25, 0.3) is 0 Å². The van der Waals surface area contributed by atoms with Gasteiger partial charge in [0.15, 0.2) is 0 Å². The van der Waals surface area contributed by atoms with Gasteiger partial charge in [0.25, 0.3) is 0 Å². The van der Waals surface area contributed by atoms with E-state index in [4.69, 9.17) is 5.73 Å². The number of alkyl halides is 3. The number of hydrogen-bond donors (Lipinski definition) is 1. The minimum atomic E-state index is -4.39. The predicted molar refractivity (Wildman–Crippen MR) is 44.8 cm³/mol. The van der Waals surface area contributed by atoms with E-state index in [2.05, 4.69) is 20.9 Å². The van der Waals surface area contributed by atoms with E-state index in [0.29, 0.717) is 4.60 Å². The van der Waals surface area contributed by atoms with Crippen molar-refractivity contribution in [1.82, 2.24) is 4.98 Å². The van der Waals surface area contributed by atoms with Gasteiger partial charge in [-0.25, -0.2) is 4.98 Å². The lowest BCUT2D eigenvalue weighted by atomic mass is 10.2. The molecule has 2 N–H and O–H groups in total. The van der Waals surface area contributed by atoms with E-state index >= 15 is 0 Å². The van der Waals surface area contributed by atoms with Crippen molar-refractivity contribution < 1.29 is 13.2 Å².